The molecule has 1 aliphatic heterocycles. The van der Waals surface area contributed by atoms with Gasteiger partial charge in [0.25, 0.3) is 0 Å². The number of aryl methyl sites for hydroxylation is 1. The number of hydrogen-bond donors (Lipinski definition) is 1. The van der Waals surface area contributed by atoms with E-state index in [1.54, 1.807) is 24.3 Å². The Labute approximate surface area is 157 Å². The molecule has 2 aromatic rings. The molecule has 0 radical (unpaired) electrons. The van der Waals surface area contributed by atoms with E-state index in [0.717, 1.165) is 5.56 Å². The van der Waals surface area contributed by atoms with Crippen LogP contribution in [-0.4, -0.2) is 39.5 Å². The van der Waals surface area contributed by atoms with Crippen LogP contribution < -0.4 is 9.62 Å². The molecule has 1 atom stereocenters. The third kappa shape index (κ3) is 4.97. The summed E-state index contributed by atoms with van der Waals surface area (Å²) < 4.78 is 32.1. The lowest BCUT2D eigenvalue weighted by Gasteiger charge is -2.13. The summed E-state index contributed by atoms with van der Waals surface area (Å²) >= 11 is 5.85. The molecule has 1 N–H and O–H groups in total. The second-order valence-electron chi connectivity index (χ2n) is 6.00. The van der Waals surface area contributed by atoms with Crippen molar-refractivity contribution in [2.45, 2.75) is 12.5 Å². The minimum Gasteiger partial charge on any atom is -0.443 e. The molecule has 2 aromatic carbocycles. The lowest BCUT2D eigenvalue weighted by atomic mass is 10.2. The highest BCUT2D eigenvalue weighted by molar-refractivity contribution is 7.89. The van der Waals surface area contributed by atoms with Crippen LogP contribution in [0, 0.1) is 0 Å². The van der Waals surface area contributed by atoms with Gasteiger partial charge in [0.15, 0.2) is 0 Å². The topological polar surface area (TPSA) is 75.7 Å². The van der Waals surface area contributed by atoms with Crippen LogP contribution in [0.3, 0.4) is 0 Å². The summed E-state index contributed by atoms with van der Waals surface area (Å²) in [6.07, 6.45) is -0.608. The number of rotatable bonds is 7. The largest absolute Gasteiger partial charge is 0.443 e. The first-order valence-corrected chi connectivity index (χ1v) is 10.2. The average molecular weight is 395 g/mol. The van der Waals surface area contributed by atoms with Crippen molar-refractivity contribution in [3.05, 3.63) is 65.2 Å². The zero-order chi connectivity index (χ0) is 18.6. The summed E-state index contributed by atoms with van der Waals surface area (Å²) in [4.78, 5) is 13.5. The molecular formula is C18H19ClN2O4S. The number of carbonyl (C=O) groups excluding carboxylic acids is 1. The van der Waals surface area contributed by atoms with Gasteiger partial charge in [-0.25, -0.2) is 17.9 Å². The van der Waals surface area contributed by atoms with Gasteiger partial charge in [-0.3, -0.25) is 4.90 Å². The molecular weight excluding hydrogens is 376 g/mol. The van der Waals surface area contributed by atoms with Crippen LogP contribution >= 0.6 is 11.6 Å². The Morgan fingerprint density at radius 2 is 1.81 bits per heavy atom. The Balaban J connectivity index is 1.51. The SMILES string of the molecule is O=C1OC(CNS(=O)(=O)CCc2ccccc2)CN1c1ccc(Cl)cc1. The van der Waals surface area contributed by atoms with Gasteiger partial charge in [0.1, 0.15) is 6.10 Å². The van der Waals surface area contributed by atoms with Gasteiger partial charge in [-0.05, 0) is 36.2 Å². The van der Waals surface area contributed by atoms with Crippen LogP contribution in [0.25, 0.3) is 0 Å². The van der Waals surface area contributed by atoms with Crippen molar-refractivity contribution in [3.8, 4) is 0 Å². The van der Waals surface area contributed by atoms with Gasteiger partial charge < -0.3 is 4.74 Å². The van der Waals surface area contributed by atoms with Crippen molar-refractivity contribution in [2.24, 2.45) is 0 Å². The molecule has 1 heterocycles. The maximum absolute atomic E-state index is 12.2. The molecule has 0 saturated carbocycles. The van der Waals surface area contributed by atoms with E-state index in [9.17, 15) is 13.2 Å². The van der Waals surface area contributed by atoms with E-state index < -0.39 is 22.2 Å². The normalized spacial score (nSPS) is 17.3. The fraction of sp³-hybridized carbons (Fsp3) is 0.278. The summed E-state index contributed by atoms with van der Waals surface area (Å²) in [6, 6.07) is 16.2. The van der Waals surface area contributed by atoms with E-state index in [4.69, 9.17) is 16.3 Å². The Bertz CT molecular complexity index is 857. The zero-order valence-electron chi connectivity index (χ0n) is 14.0. The average Bonchev–Trinajstić information content (AvgIpc) is 3.01. The quantitative estimate of drug-likeness (QED) is 0.783. The van der Waals surface area contributed by atoms with Crippen molar-refractivity contribution in [3.63, 3.8) is 0 Å². The maximum atomic E-state index is 12.2. The van der Waals surface area contributed by atoms with Crippen LogP contribution in [0.4, 0.5) is 10.5 Å². The summed E-state index contributed by atoms with van der Waals surface area (Å²) in [7, 11) is -3.45. The fourth-order valence-electron chi connectivity index (χ4n) is 2.65. The number of hydrogen-bond acceptors (Lipinski definition) is 4. The number of nitrogens with zero attached hydrogens (tertiary/aromatic N) is 1. The highest BCUT2D eigenvalue weighted by Crippen LogP contribution is 2.23. The van der Waals surface area contributed by atoms with Crippen LogP contribution in [0.15, 0.2) is 54.6 Å². The van der Waals surface area contributed by atoms with Gasteiger partial charge in [-0.15, -0.1) is 0 Å². The van der Waals surface area contributed by atoms with E-state index in [-0.39, 0.29) is 18.8 Å². The summed E-state index contributed by atoms with van der Waals surface area (Å²) in [5, 5.41) is 0.573. The summed E-state index contributed by atoms with van der Waals surface area (Å²) in [5.41, 5.74) is 1.62. The lowest BCUT2D eigenvalue weighted by Crippen LogP contribution is -2.36. The Kier molecular flexibility index (Phi) is 5.80. The van der Waals surface area contributed by atoms with E-state index in [1.165, 1.54) is 4.90 Å². The first-order chi connectivity index (χ1) is 12.4. The molecule has 26 heavy (non-hydrogen) atoms. The number of amides is 1. The van der Waals surface area contributed by atoms with Crippen molar-refractivity contribution in [2.75, 3.05) is 23.7 Å². The molecule has 1 unspecified atom stereocenters. The minimum atomic E-state index is -3.45. The molecule has 0 aromatic heterocycles. The van der Waals surface area contributed by atoms with Gasteiger partial charge in [0.2, 0.25) is 10.0 Å². The van der Waals surface area contributed by atoms with Gasteiger partial charge in [0.05, 0.1) is 12.3 Å². The van der Waals surface area contributed by atoms with E-state index >= 15 is 0 Å². The lowest BCUT2D eigenvalue weighted by molar-refractivity contribution is 0.143. The Morgan fingerprint density at radius 3 is 2.50 bits per heavy atom. The maximum Gasteiger partial charge on any atom is 0.414 e. The molecule has 3 rings (SSSR count). The van der Waals surface area contributed by atoms with Crippen LogP contribution in [0.5, 0.6) is 0 Å². The number of sulfonamides is 1. The second-order valence-corrected chi connectivity index (χ2v) is 8.36. The fourth-order valence-corrected chi connectivity index (χ4v) is 3.86. The second kappa shape index (κ2) is 8.07. The highest BCUT2D eigenvalue weighted by Gasteiger charge is 2.32. The first kappa shape index (κ1) is 18.7. The monoisotopic (exact) mass is 394 g/mol. The summed E-state index contributed by atoms with van der Waals surface area (Å²) in [5.74, 6) is -0.0153. The van der Waals surface area contributed by atoms with E-state index in [0.29, 0.717) is 17.1 Å². The molecule has 0 aliphatic carbocycles. The highest BCUT2D eigenvalue weighted by atomic mass is 35.5. The van der Waals surface area contributed by atoms with Crippen molar-refractivity contribution < 1.29 is 17.9 Å². The molecule has 8 heteroatoms. The van der Waals surface area contributed by atoms with E-state index in [1.807, 2.05) is 30.3 Å². The van der Waals surface area contributed by atoms with Gasteiger partial charge >= 0.3 is 6.09 Å². The van der Waals surface area contributed by atoms with Gasteiger partial charge in [-0.2, -0.15) is 0 Å². The molecule has 1 aliphatic rings. The number of carbonyl (C=O) groups is 1. The Hall–Kier alpha value is -2.09. The summed E-state index contributed by atoms with van der Waals surface area (Å²) in [6.45, 7) is 0.328. The number of nitrogens with one attached hydrogen (secondary N) is 1. The number of anilines is 1. The number of ether oxygens (including phenoxy) is 1. The van der Waals surface area contributed by atoms with Crippen molar-refractivity contribution in [1.29, 1.82) is 0 Å². The minimum absolute atomic E-state index is 0.0153. The smallest absolute Gasteiger partial charge is 0.414 e. The number of cyclic esters (lactones) is 1. The Morgan fingerprint density at radius 1 is 1.12 bits per heavy atom. The van der Waals surface area contributed by atoms with Crippen molar-refractivity contribution in [1.82, 2.24) is 4.72 Å². The van der Waals surface area contributed by atoms with Crippen molar-refractivity contribution >= 4 is 33.4 Å². The first-order valence-electron chi connectivity index (χ1n) is 8.18. The predicted octanol–water partition coefficient (Wildman–Crippen LogP) is 2.83. The molecule has 1 amide bonds. The third-order valence-corrected chi connectivity index (χ3v) is 5.65. The number of halogens is 1. The molecule has 138 valence electrons. The molecule has 6 nitrogen and oxygen atoms in total. The van der Waals surface area contributed by atoms with E-state index in [2.05, 4.69) is 4.72 Å². The molecule has 1 fully saturated rings. The standard InChI is InChI=1S/C18H19ClN2O4S/c19-15-6-8-16(9-7-15)21-13-17(25-18(21)22)12-20-26(23,24)11-10-14-4-2-1-3-5-14/h1-9,17,20H,10-13H2. The predicted molar refractivity (Wildman–Crippen MR) is 101 cm³/mol. The van der Waals surface area contributed by atoms with Crippen LogP contribution in [0.2, 0.25) is 5.02 Å². The zero-order valence-corrected chi connectivity index (χ0v) is 15.5. The van der Waals surface area contributed by atoms with Gasteiger partial charge in [-0.1, -0.05) is 41.9 Å². The molecule has 0 spiro atoms. The molecule has 0 bridgehead atoms. The van der Waals surface area contributed by atoms with Crippen LogP contribution in [0.1, 0.15) is 5.56 Å². The number of benzene rings is 2. The molecule has 1 saturated heterocycles. The van der Waals surface area contributed by atoms with Gasteiger partial charge in [0, 0.05) is 17.3 Å². The van der Waals surface area contributed by atoms with Crippen LogP contribution in [-0.2, 0) is 21.2 Å². The third-order valence-electron chi connectivity index (χ3n) is 4.05.